The van der Waals surface area contributed by atoms with Crippen molar-refractivity contribution in [2.45, 2.75) is 63.6 Å². The third kappa shape index (κ3) is 3.78. The fraction of sp³-hybridized carbons (Fsp3) is 0.619. The third-order valence-corrected chi connectivity index (χ3v) is 6.26. The smallest absolute Gasteiger partial charge is 0.240 e. The highest BCUT2D eigenvalue weighted by molar-refractivity contribution is 5.83. The van der Waals surface area contributed by atoms with Crippen molar-refractivity contribution in [3.63, 3.8) is 0 Å². The van der Waals surface area contributed by atoms with E-state index in [0.717, 1.165) is 38.6 Å². The Hall–Kier alpha value is -1.88. The number of carbonyl (C=O) groups excluding carboxylic acids is 2. The molecule has 1 aromatic rings. The molecule has 2 fully saturated rings. The number of fused-ring (bicyclic) bond motifs is 1. The summed E-state index contributed by atoms with van der Waals surface area (Å²) < 4.78 is 0. The van der Waals surface area contributed by atoms with Crippen LogP contribution in [-0.2, 0) is 22.6 Å². The van der Waals surface area contributed by atoms with Gasteiger partial charge in [0, 0.05) is 31.6 Å². The molecule has 2 amide bonds. The second kappa shape index (κ2) is 7.78. The molecule has 26 heavy (non-hydrogen) atoms. The van der Waals surface area contributed by atoms with Crippen molar-refractivity contribution < 1.29 is 9.59 Å². The van der Waals surface area contributed by atoms with Crippen LogP contribution < -0.4 is 10.6 Å². The molecule has 1 aliphatic carbocycles. The Kier molecular flexibility index (Phi) is 5.25. The van der Waals surface area contributed by atoms with Crippen molar-refractivity contribution in [3.8, 4) is 0 Å². The van der Waals surface area contributed by atoms with Crippen molar-refractivity contribution >= 4 is 11.8 Å². The van der Waals surface area contributed by atoms with Crippen LogP contribution in [0.4, 0.5) is 0 Å². The highest BCUT2D eigenvalue weighted by Gasteiger charge is 2.33. The van der Waals surface area contributed by atoms with Gasteiger partial charge in [-0.15, -0.1) is 0 Å². The maximum atomic E-state index is 12.9. The molecule has 0 bridgehead atoms. The fourth-order valence-corrected chi connectivity index (χ4v) is 4.60. The SMILES string of the molecule is O=C(NC1CCCC1)C1CCN(C(=O)C2Cc3ccccc3CN2)CC1. The summed E-state index contributed by atoms with van der Waals surface area (Å²) >= 11 is 0. The van der Waals surface area contributed by atoms with Gasteiger partial charge in [0.05, 0.1) is 6.04 Å². The molecule has 1 unspecified atom stereocenters. The molecule has 1 saturated heterocycles. The number of carbonyl (C=O) groups is 2. The van der Waals surface area contributed by atoms with Gasteiger partial charge >= 0.3 is 0 Å². The van der Waals surface area contributed by atoms with Crippen molar-refractivity contribution in [1.82, 2.24) is 15.5 Å². The first-order valence-electron chi connectivity index (χ1n) is 10.1. The summed E-state index contributed by atoms with van der Waals surface area (Å²) in [6, 6.07) is 8.58. The number of rotatable bonds is 3. The Morgan fingerprint density at radius 1 is 1.00 bits per heavy atom. The van der Waals surface area contributed by atoms with Crippen LogP contribution in [0.2, 0.25) is 0 Å². The molecular formula is C21H29N3O2. The maximum Gasteiger partial charge on any atom is 0.240 e. The minimum absolute atomic E-state index is 0.0692. The standard InChI is InChI=1S/C21H29N3O2/c25-20(23-18-7-3-4-8-18)15-9-11-24(12-10-15)21(26)19-13-16-5-1-2-6-17(16)14-22-19/h1-2,5-6,15,18-19,22H,3-4,7-14H2,(H,23,25). The van der Waals surface area contributed by atoms with Crippen molar-refractivity contribution in [3.05, 3.63) is 35.4 Å². The molecule has 2 aliphatic heterocycles. The summed E-state index contributed by atoms with van der Waals surface area (Å²) in [5, 5.41) is 6.60. The van der Waals surface area contributed by atoms with E-state index in [-0.39, 0.29) is 23.8 Å². The lowest BCUT2D eigenvalue weighted by Crippen LogP contribution is -2.52. The first-order chi connectivity index (χ1) is 12.7. The van der Waals surface area contributed by atoms with E-state index >= 15 is 0 Å². The summed E-state index contributed by atoms with van der Waals surface area (Å²) in [4.78, 5) is 27.3. The predicted molar refractivity (Wildman–Crippen MR) is 100 cm³/mol. The minimum Gasteiger partial charge on any atom is -0.353 e. The lowest BCUT2D eigenvalue weighted by atomic mass is 9.92. The van der Waals surface area contributed by atoms with E-state index < -0.39 is 0 Å². The van der Waals surface area contributed by atoms with E-state index in [1.54, 1.807) is 0 Å². The zero-order valence-corrected chi connectivity index (χ0v) is 15.4. The van der Waals surface area contributed by atoms with Gasteiger partial charge < -0.3 is 15.5 Å². The molecular weight excluding hydrogens is 326 g/mol. The molecule has 0 spiro atoms. The van der Waals surface area contributed by atoms with Gasteiger partial charge in [0.15, 0.2) is 0 Å². The molecule has 140 valence electrons. The summed E-state index contributed by atoms with van der Waals surface area (Å²) in [6.07, 6.45) is 7.04. The van der Waals surface area contributed by atoms with E-state index in [1.165, 1.54) is 24.0 Å². The Balaban J connectivity index is 1.28. The normalized spacial score (nSPS) is 24.3. The molecule has 5 heteroatoms. The first kappa shape index (κ1) is 17.5. The zero-order valence-electron chi connectivity index (χ0n) is 15.4. The highest BCUT2D eigenvalue weighted by Crippen LogP contribution is 2.23. The van der Waals surface area contributed by atoms with Gasteiger partial charge in [-0.3, -0.25) is 9.59 Å². The van der Waals surface area contributed by atoms with Crippen molar-refractivity contribution in [1.29, 1.82) is 0 Å². The van der Waals surface area contributed by atoms with Crippen LogP contribution in [0, 0.1) is 5.92 Å². The minimum atomic E-state index is -0.131. The number of hydrogen-bond acceptors (Lipinski definition) is 3. The second-order valence-electron chi connectivity index (χ2n) is 8.00. The van der Waals surface area contributed by atoms with Gasteiger partial charge in [-0.25, -0.2) is 0 Å². The van der Waals surface area contributed by atoms with Crippen LogP contribution in [-0.4, -0.2) is 41.9 Å². The van der Waals surface area contributed by atoms with E-state index in [0.29, 0.717) is 19.1 Å². The Morgan fingerprint density at radius 3 is 2.42 bits per heavy atom. The Morgan fingerprint density at radius 2 is 1.69 bits per heavy atom. The van der Waals surface area contributed by atoms with E-state index in [4.69, 9.17) is 0 Å². The number of likely N-dealkylation sites (tertiary alicyclic amines) is 1. The number of benzene rings is 1. The summed E-state index contributed by atoms with van der Waals surface area (Å²) in [6.45, 7) is 2.15. The number of piperidine rings is 1. The van der Waals surface area contributed by atoms with E-state index in [1.807, 2.05) is 17.0 Å². The largest absolute Gasteiger partial charge is 0.353 e. The molecule has 4 rings (SSSR count). The number of amides is 2. The summed E-state index contributed by atoms with van der Waals surface area (Å²) in [7, 11) is 0. The summed E-state index contributed by atoms with van der Waals surface area (Å²) in [5.41, 5.74) is 2.56. The fourth-order valence-electron chi connectivity index (χ4n) is 4.60. The van der Waals surface area contributed by atoms with Gasteiger partial charge in [0.25, 0.3) is 0 Å². The predicted octanol–water partition coefficient (Wildman–Crippen LogP) is 2.00. The zero-order chi connectivity index (χ0) is 17.9. The highest BCUT2D eigenvalue weighted by atomic mass is 16.2. The molecule has 0 aromatic heterocycles. The van der Waals surface area contributed by atoms with Crippen LogP contribution in [0.3, 0.4) is 0 Å². The lowest BCUT2D eigenvalue weighted by molar-refractivity contribution is -0.137. The van der Waals surface area contributed by atoms with Crippen molar-refractivity contribution in [2.75, 3.05) is 13.1 Å². The first-order valence-corrected chi connectivity index (χ1v) is 10.1. The molecule has 0 radical (unpaired) electrons. The van der Waals surface area contributed by atoms with Gasteiger partial charge in [-0.05, 0) is 43.2 Å². The average molecular weight is 355 g/mol. The molecule has 1 saturated carbocycles. The molecule has 3 aliphatic rings. The average Bonchev–Trinajstić information content (AvgIpc) is 3.20. The van der Waals surface area contributed by atoms with Crippen LogP contribution in [0.15, 0.2) is 24.3 Å². The number of nitrogens with one attached hydrogen (secondary N) is 2. The Bertz CT molecular complexity index is 661. The maximum absolute atomic E-state index is 12.9. The van der Waals surface area contributed by atoms with Crippen LogP contribution >= 0.6 is 0 Å². The molecule has 5 nitrogen and oxygen atoms in total. The lowest BCUT2D eigenvalue weighted by Gasteiger charge is -2.35. The van der Waals surface area contributed by atoms with Gasteiger partial charge in [0.2, 0.25) is 11.8 Å². The number of nitrogens with zero attached hydrogens (tertiary/aromatic N) is 1. The van der Waals surface area contributed by atoms with Crippen LogP contribution in [0.5, 0.6) is 0 Å². The van der Waals surface area contributed by atoms with Crippen LogP contribution in [0.25, 0.3) is 0 Å². The van der Waals surface area contributed by atoms with Gasteiger partial charge in [0.1, 0.15) is 0 Å². The quantitative estimate of drug-likeness (QED) is 0.872. The third-order valence-electron chi connectivity index (χ3n) is 6.26. The molecule has 2 N–H and O–H groups in total. The second-order valence-corrected chi connectivity index (χ2v) is 8.00. The number of hydrogen-bond donors (Lipinski definition) is 2. The van der Waals surface area contributed by atoms with Gasteiger partial charge in [-0.1, -0.05) is 37.1 Å². The molecule has 1 aromatic carbocycles. The van der Waals surface area contributed by atoms with E-state index in [9.17, 15) is 9.59 Å². The van der Waals surface area contributed by atoms with Crippen LogP contribution in [0.1, 0.15) is 49.7 Å². The van der Waals surface area contributed by atoms with Gasteiger partial charge in [-0.2, -0.15) is 0 Å². The van der Waals surface area contributed by atoms with E-state index in [2.05, 4.69) is 22.8 Å². The van der Waals surface area contributed by atoms with Crippen molar-refractivity contribution in [2.24, 2.45) is 5.92 Å². The Labute approximate surface area is 155 Å². The summed E-state index contributed by atoms with van der Waals surface area (Å²) in [5.74, 6) is 0.461. The topological polar surface area (TPSA) is 61.4 Å². The monoisotopic (exact) mass is 355 g/mol. The molecule has 1 atom stereocenters. The molecule has 2 heterocycles.